The number of hydrogen-bond acceptors (Lipinski definition) is 4. The monoisotopic (exact) mass is 370 g/mol. The van der Waals surface area contributed by atoms with Gasteiger partial charge in [0.25, 0.3) is 5.91 Å². The molecule has 2 bridgehead atoms. The van der Waals surface area contributed by atoms with Crippen LogP contribution in [0, 0.1) is 17.8 Å². The molecule has 27 heavy (non-hydrogen) atoms. The number of nitrogens with zero attached hydrogens (tertiary/aromatic N) is 2. The van der Waals surface area contributed by atoms with Gasteiger partial charge in [0.05, 0.1) is 6.54 Å². The summed E-state index contributed by atoms with van der Waals surface area (Å²) in [4.78, 5) is 41.4. The van der Waals surface area contributed by atoms with Crippen molar-refractivity contribution in [2.45, 2.75) is 44.6 Å². The van der Waals surface area contributed by atoms with Crippen LogP contribution >= 0.6 is 0 Å². The van der Waals surface area contributed by atoms with Gasteiger partial charge in [0.15, 0.2) is 5.78 Å². The van der Waals surface area contributed by atoms with Crippen LogP contribution in [0.1, 0.15) is 49.4 Å². The fourth-order valence-electron chi connectivity index (χ4n) is 5.41. The second-order valence-corrected chi connectivity index (χ2v) is 8.48. The van der Waals surface area contributed by atoms with Crippen LogP contribution in [0.15, 0.2) is 24.3 Å². The molecule has 6 heteroatoms. The van der Waals surface area contributed by atoms with Gasteiger partial charge >= 0.3 is 6.03 Å². The lowest BCUT2D eigenvalue weighted by atomic mass is 9.59. The summed E-state index contributed by atoms with van der Waals surface area (Å²) in [6.45, 7) is 1.58. The molecule has 4 fully saturated rings. The van der Waals surface area contributed by atoms with E-state index < -0.39 is 11.6 Å². The zero-order valence-corrected chi connectivity index (χ0v) is 15.9. The number of carbonyl (C=O) groups excluding carboxylic acids is 3. The number of phenolic OH excluding ortho intramolecular Hbond substituents is 1. The number of ketones is 1. The molecule has 1 aliphatic heterocycles. The van der Waals surface area contributed by atoms with Crippen molar-refractivity contribution in [3.8, 4) is 5.75 Å². The molecular weight excluding hydrogens is 344 g/mol. The average molecular weight is 370 g/mol. The highest BCUT2D eigenvalue weighted by Crippen LogP contribution is 2.52. The highest BCUT2D eigenvalue weighted by molar-refractivity contribution is 6.11. The summed E-state index contributed by atoms with van der Waals surface area (Å²) in [5.74, 6) is 0.654. The highest BCUT2D eigenvalue weighted by Gasteiger charge is 2.60. The topological polar surface area (TPSA) is 77.9 Å². The summed E-state index contributed by atoms with van der Waals surface area (Å²) >= 11 is 0. The first kappa shape index (κ1) is 18.0. The van der Waals surface area contributed by atoms with Crippen molar-refractivity contribution in [3.63, 3.8) is 0 Å². The zero-order chi connectivity index (χ0) is 19.3. The molecule has 3 amide bonds. The van der Waals surface area contributed by atoms with E-state index in [1.54, 1.807) is 24.1 Å². The minimum atomic E-state index is -0.875. The summed E-state index contributed by atoms with van der Waals surface area (Å²) < 4.78 is 0. The molecule has 1 aromatic carbocycles. The first-order valence-corrected chi connectivity index (χ1v) is 9.74. The number of fused-ring (bicyclic) bond motifs is 3. The number of aromatic hydroxyl groups is 1. The molecular formula is C21H26N2O4. The number of urea groups is 1. The lowest BCUT2D eigenvalue weighted by Crippen LogP contribution is -2.56. The first-order valence-electron chi connectivity index (χ1n) is 9.74. The number of imide groups is 1. The van der Waals surface area contributed by atoms with Crippen molar-refractivity contribution < 1.29 is 19.5 Å². The van der Waals surface area contributed by atoms with Crippen LogP contribution in [0.3, 0.4) is 0 Å². The second kappa shape index (κ2) is 6.36. The Hall–Kier alpha value is -2.37. The molecule has 0 unspecified atom stereocenters. The summed E-state index contributed by atoms with van der Waals surface area (Å²) in [5.41, 5.74) is -0.580. The smallest absolute Gasteiger partial charge is 0.327 e. The Kier molecular flexibility index (Phi) is 4.24. The van der Waals surface area contributed by atoms with E-state index in [1.807, 2.05) is 6.92 Å². The largest absolute Gasteiger partial charge is 0.508 e. The van der Waals surface area contributed by atoms with Crippen LogP contribution in [0.25, 0.3) is 0 Å². The van der Waals surface area contributed by atoms with E-state index in [0.717, 1.165) is 24.2 Å². The van der Waals surface area contributed by atoms with Crippen molar-refractivity contribution in [3.05, 3.63) is 29.8 Å². The molecule has 1 heterocycles. The van der Waals surface area contributed by atoms with Gasteiger partial charge in [-0.25, -0.2) is 4.79 Å². The predicted octanol–water partition coefficient (Wildman–Crippen LogP) is 3.05. The van der Waals surface area contributed by atoms with E-state index >= 15 is 0 Å². The molecule has 6 nitrogen and oxygen atoms in total. The zero-order valence-electron chi connectivity index (χ0n) is 15.9. The Bertz CT molecular complexity index is 799. The molecule has 0 aromatic heterocycles. The first-order chi connectivity index (χ1) is 12.8. The summed E-state index contributed by atoms with van der Waals surface area (Å²) in [6.07, 6.45) is 5.69. The molecule has 1 saturated heterocycles. The number of phenols is 1. The molecule has 3 aliphatic carbocycles. The highest BCUT2D eigenvalue weighted by atomic mass is 16.3. The minimum absolute atomic E-state index is 0.0138. The van der Waals surface area contributed by atoms with Crippen molar-refractivity contribution in [1.29, 1.82) is 0 Å². The third-order valence-electron chi connectivity index (χ3n) is 7.13. The molecule has 5 rings (SSSR count). The van der Waals surface area contributed by atoms with Gasteiger partial charge in [0, 0.05) is 12.6 Å². The Morgan fingerprint density at radius 3 is 2.52 bits per heavy atom. The van der Waals surface area contributed by atoms with Crippen LogP contribution in [-0.2, 0) is 4.79 Å². The van der Waals surface area contributed by atoms with Crippen LogP contribution in [0.4, 0.5) is 4.79 Å². The van der Waals surface area contributed by atoms with Gasteiger partial charge in [-0.05, 0) is 56.1 Å². The van der Waals surface area contributed by atoms with E-state index in [-0.39, 0.29) is 29.9 Å². The normalized spacial score (nSPS) is 33.0. The summed E-state index contributed by atoms with van der Waals surface area (Å²) in [5, 5.41) is 9.57. The van der Waals surface area contributed by atoms with Gasteiger partial charge in [0.1, 0.15) is 11.3 Å². The standard InChI is InChI=1S/C21H26N2O4/c1-21(17-10-13-6-8-14(17)9-7-13)19(26)23(20(27)22(21)2)12-18(25)15-4-3-5-16(24)11-15/h3-5,11,13-14,17,24H,6-10,12H2,1-2H3/t13?,14?,17-,21+/m0/s1. The van der Waals surface area contributed by atoms with E-state index in [9.17, 15) is 19.5 Å². The number of rotatable bonds is 4. The fourth-order valence-corrected chi connectivity index (χ4v) is 5.41. The van der Waals surface area contributed by atoms with E-state index in [2.05, 4.69) is 0 Å². The van der Waals surface area contributed by atoms with Crippen LogP contribution in [0.5, 0.6) is 5.75 Å². The Morgan fingerprint density at radius 1 is 1.22 bits per heavy atom. The van der Waals surface area contributed by atoms with Crippen molar-refractivity contribution >= 4 is 17.7 Å². The molecule has 2 atom stereocenters. The third-order valence-corrected chi connectivity index (χ3v) is 7.13. The van der Waals surface area contributed by atoms with Crippen LogP contribution in [0.2, 0.25) is 0 Å². The number of Topliss-reactive ketones (excluding diaryl/α,β-unsaturated/α-hetero) is 1. The lowest BCUT2D eigenvalue weighted by molar-refractivity contribution is -0.138. The Labute approximate surface area is 159 Å². The summed E-state index contributed by atoms with van der Waals surface area (Å²) in [7, 11) is 1.68. The van der Waals surface area contributed by atoms with Gasteiger partial charge < -0.3 is 10.0 Å². The van der Waals surface area contributed by atoms with Crippen LogP contribution < -0.4 is 0 Å². The Morgan fingerprint density at radius 2 is 1.93 bits per heavy atom. The third kappa shape index (κ3) is 2.73. The molecule has 4 aliphatic rings. The van der Waals surface area contributed by atoms with Crippen molar-refractivity contribution in [2.75, 3.05) is 13.6 Å². The van der Waals surface area contributed by atoms with Crippen molar-refractivity contribution in [1.82, 2.24) is 9.80 Å². The van der Waals surface area contributed by atoms with Crippen molar-refractivity contribution in [2.24, 2.45) is 17.8 Å². The van der Waals surface area contributed by atoms with Gasteiger partial charge in [-0.2, -0.15) is 0 Å². The maximum absolute atomic E-state index is 13.3. The predicted molar refractivity (Wildman–Crippen MR) is 99.3 cm³/mol. The number of amides is 3. The fraction of sp³-hybridized carbons (Fsp3) is 0.571. The maximum Gasteiger partial charge on any atom is 0.327 e. The lowest BCUT2D eigenvalue weighted by Gasteiger charge is -2.49. The number of likely N-dealkylation sites (N-methyl/N-ethyl adjacent to an activating group) is 1. The quantitative estimate of drug-likeness (QED) is 0.653. The number of benzene rings is 1. The number of hydrogen-bond donors (Lipinski definition) is 1. The molecule has 1 N–H and O–H groups in total. The Balaban J connectivity index is 1.58. The molecule has 3 saturated carbocycles. The van der Waals surface area contributed by atoms with E-state index in [0.29, 0.717) is 17.4 Å². The van der Waals surface area contributed by atoms with E-state index in [4.69, 9.17) is 0 Å². The second-order valence-electron chi connectivity index (χ2n) is 8.48. The molecule has 0 radical (unpaired) electrons. The van der Waals surface area contributed by atoms with E-state index in [1.165, 1.54) is 25.0 Å². The molecule has 144 valence electrons. The van der Waals surface area contributed by atoms with Crippen LogP contribution in [-0.4, -0.2) is 51.8 Å². The minimum Gasteiger partial charge on any atom is -0.508 e. The van der Waals surface area contributed by atoms with Gasteiger partial charge in [-0.3, -0.25) is 14.5 Å². The van der Waals surface area contributed by atoms with Gasteiger partial charge in [0.2, 0.25) is 0 Å². The maximum atomic E-state index is 13.3. The SMILES string of the molecule is CN1C(=O)N(CC(=O)c2cccc(O)c2)C(=O)[C@@]1(C)[C@H]1CC2CCC1CC2. The number of carbonyl (C=O) groups is 3. The molecule has 1 aromatic rings. The van der Waals surface area contributed by atoms with Gasteiger partial charge in [-0.15, -0.1) is 0 Å². The molecule has 0 spiro atoms. The van der Waals surface area contributed by atoms with Gasteiger partial charge in [-0.1, -0.05) is 25.0 Å². The summed E-state index contributed by atoms with van der Waals surface area (Å²) in [6, 6.07) is 5.58. The average Bonchev–Trinajstić information content (AvgIpc) is 2.85.